The van der Waals surface area contributed by atoms with Crippen LogP contribution in [0.25, 0.3) is 0 Å². The van der Waals surface area contributed by atoms with E-state index in [-0.39, 0.29) is 10.7 Å². The topological polar surface area (TPSA) is 55.6 Å². The highest BCUT2D eigenvalue weighted by Gasteiger charge is 2.08. The lowest BCUT2D eigenvalue weighted by Crippen LogP contribution is -2.09. The highest BCUT2D eigenvalue weighted by molar-refractivity contribution is 6.33. The molecule has 0 fully saturated rings. The van der Waals surface area contributed by atoms with E-state index < -0.39 is 5.82 Å². The molecule has 0 amide bonds. The number of pyridine rings is 1. The van der Waals surface area contributed by atoms with Gasteiger partial charge in [0.25, 0.3) is 0 Å². The monoisotopic (exact) mass is 255 g/mol. The number of nitrogens with zero attached hydrogens (tertiary/aromatic N) is 4. The summed E-state index contributed by atoms with van der Waals surface area (Å²) < 4.78 is 15.1. The van der Waals surface area contributed by atoms with E-state index in [1.54, 1.807) is 10.9 Å². The molecule has 0 spiro atoms. The van der Waals surface area contributed by atoms with Gasteiger partial charge in [-0.25, -0.2) is 9.07 Å². The van der Waals surface area contributed by atoms with Crippen molar-refractivity contribution in [3.8, 4) is 0 Å². The first-order chi connectivity index (χ1) is 8.22. The Hall–Kier alpha value is -1.69. The normalized spacial score (nSPS) is 10.5. The van der Waals surface area contributed by atoms with Gasteiger partial charge in [-0.15, -0.1) is 5.10 Å². The highest BCUT2D eigenvalue weighted by atomic mass is 35.5. The van der Waals surface area contributed by atoms with Gasteiger partial charge in [0, 0.05) is 12.7 Å². The van der Waals surface area contributed by atoms with Crippen LogP contribution in [-0.4, -0.2) is 20.0 Å². The molecule has 2 heterocycles. The lowest BCUT2D eigenvalue weighted by molar-refractivity contribution is 0.599. The number of rotatable bonds is 4. The van der Waals surface area contributed by atoms with E-state index in [0.29, 0.717) is 13.1 Å². The summed E-state index contributed by atoms with van der Waals surface area (Å²) in [5, 5.41) is 10.8. The second kappa shape index (κ2) is 5.09. The molecule has 0 atom stereocenters. The van der Waals surface area contributed by atoms with Crippen LogP contribution >= 0.6 is 11.6 Å². The van der Waals surface area contributed by atoms with Crippen molar-refractivity contribution in [2.75, 3.05) is 5.32 Å². The molecule has 0 aliphatic rings. The third kappa shape index (κ3) is 2.52. The van der Waals surface area contributed by atoms with E-state index in [2.05, 4.69) is 20.6 Å². The van der Waals surface area contributed by atoms with Crippen LogP contribution < -0.4 is 5.32 Å². The number of aryl methyl sites for hydroxylation is 1. The van der Waals surface area contributed by atoms with Crippen molar-refractivity contribution in [1.29, 1.82) is 0 Å². The number of anilines is 1. The predicted octanol–water partition coefficient (Wildman–Crippen LogP) is 2.10. The third-order valence-corrected chi connectivity index (χ3v) is 2.58. The van der Waals surface area contributed by atoms with Crippen molar-refractivity contribution in [3.63, 3.8) is 0 Å². The SMILES string of the molecule is CCn1nncc1CNc1c(F)cncc1Cl. The van der Waals surface area contributed by atoms with Gasteiger partial charge >= 0.3 is 0 Å². The first-order valence-corrected chi connectivity index (χ1v) is 5.50. The van der Waals surface area contributed by atoms with E-state index in [4.69, 9.17) is 11.6 Å². The van der Waals surface area contributed by atoms with Crippen molar-refractivity contribution >= 4 is 17.3 Å². The minimum atomic E-state index is -0.479. The minimum absolute atomic E-state index is 0.241. The Bertz CT molecular complexity index is 493. The summed E-state index contributed by atoms with van der Waals surface area (Å²) in [5.41, 5.74) is 1.10. The Morgan fingerprint density at radius 2 is 2.24 bits per heavy atom. The van der Waals surface area contributed by atoms with Gasteiger partial charge < -0.3 is 5.32 Å². The Kier molecular flexibility index (Phi) is 3.53. The molecule has 0 saturated heterocycles. The summed E-state index contributed by atoms with van der Waals surface area (Å²) in [4.78, 5) is 3.65. The van der Waals surface area contributed by atoms with Crippen molar-refractivity contribution in [1.82, 2.24) is 20.0 Å². The van der Waals surface area contributed by atoms with Crippen LogP contribution in [0.1, 0.15) is 12.6 Å². The van der Waals surface area contributed by atoms with Gasteiger partial charge in [-0.2, -0.15) is 0 Å². The summed E-state index contributed by atoms with van der Waals surface area (Å²) in [5.74, 6) is -0.479. The maximum absolute atomic E-state index is 13.4. The number of nitrogens with one attached hydrogen (secondary N) is 1. The fraction of sp³-hybridized carbons (Fsp3) is 0.300. The summed E-state index contributed by atoms with van der Waals surface area (Å²) >= 11 is 5.84. The van der Waals surface area contributed by atoms with Gasteiger partial charge in [-0.3, -0.25) is 4.98 Å². The van der Waals surface area contributed by atoms with Gasteiger partial charge in [0.2, 0.25) is 0 Å². The van der Waals surface area contributed by atoms with E-state index in [1.165, 1.54) is 6.20 Å². The average Bonchev–Trinajstić information content (AvgIpc) is 2.76. The second-order valence-electron chi connectivity index (χ2n) is 3.37. The van der Waals surface area contributed by atoms with Crippen LogP contribution in [0.4, 0.5) is 10.1 Å². The van der Waals surface area contributed by atoms with E-state index in [9.17, 15) is 4.39 Å². The van der Waals surface area contributed by atoms with Crippen LogP contribution in [0.15, 0.2) is 18.6 Å². The van der Waals surface area contributed by atoms with Crippen molar-refractivity contribution in [3.05, 3.63) is 35.1 Å². The molecule has 0 bridgehead atoms. The van der Waals surface area contributed by atoms with Crippen molar-refractivity contribution < 1.29 is 4.39 Å². The molecular weight excluding hydrogens is 245 g/mol. The van der Waals surface area contributed by atoms with E-state index in [0.717, 1.165) is 11.9 Å². The van der Waals surface area contributed by atoms with Crippen LogP contribution in [0.2, 0.25) is 5.02 Å². The molecule has 0 unspecified atom stereocenters. The molecule has 0 saturated carbocycles. The average molecular weight is 256 g/mol. The molecule has 17 heavy (non-hydrogen) atoms. The molecule has 2 aromatic heterocycles. The first-order valence-electron chi connectivity index (χ1n) is 5.12. The number of aromatic nitrogens is 4. The largest absolute Gasteiger partial charge is 0.376 e. The molecular formula is C10H11ClFN5. The number of hydrogen-bond acceptors (Lipinski definition) is 4. The van der Waals surface area contributed by atoms with Crippen LogP contribution in [0, 0.1) is 5.82 Å². The zero-order chi connectivity index (χ0) is 12.3. The quantitative estimate of drug-likeness (QED) is 0.909. The molecule has 90 valence electrons. The Balaban J connectivity index is 2.13. The number of hydrogen-bond donors (Lipinski definition) is 1. The van der Waals surface area contributed by atoms with Crippen molar-refractivity contribution in [2.24, 2.45) is 0 Å². The highest BCUT2D eigenvalue weighted by Crippen LogP contribution is 2.23. The van der Waals surface area contributed by atoms with Gasteiger partial charge in [-0.05, 0) is 6.92 Å². The fourth-order valence-electron chi connectivity index (χ4n) is 1.44. The predicted molar refractivity (Wildman–Crippen MR) is 62.2 cm³/mol. The summed E-state index contributed by atoms with van der Waals surface area (Å²) in [6.45, 7) is 3.07. The lowest BCUT2D eigenvalue weighted by Gasteiger charge is -2.09. The van der Waals surface area contributed by atoms with E-state index in [1.807, 2.05) is 6.92 Å². The molecule has 2 rings (SSSR count). The minimum Gasteiger partial charge on any atom is -0.376 e. The van der Waals surface area contributed by atoms with Gasteiger partial charge in [0.05, 0.1) is 35.3 Å². The van der Waals surface area contributed by atoms with Gasteiger partial charge in [0.15, 0.2) is 5.82 Å². The van der Waals surface area contributed by atoms with Gasteiger partial charge in [-0.1, -0.05) is 16.8 Å². The van der Waals surface area contributed by atoms with Crippen LogP contribution in [0.3, 0.4) is 0 Å². The lowest BCUT2D eigenvalue weighted by atomic mass is 10.3. The first kappa shape index (κ1) is 11.8. The molecule has 1 N–H and O–H groups in total. The fourth-order valence-corrected chi connectivity index (χ4v) is 1.65. The summed E-state index contributed by atoms with van der Waals surface area (Å²) in [6, 6.07) is 0. The van der Waals surface area contributed by atoms with Crippen molar-refractivity contribution in [2.45, 2.75) is 20.0 Å². The van der Waals surface area contributed by atoms with Crippen LogP contribution in [-0.2, 0) is 13.1 Å². The Morgan fingerprint density at radius 1 is 1.41 bits per heavy atom. The Morgan fingerprint density at radius 3 is 2.94 bits per heavy atom. The number of halogens is 2. The molecule has 0 aromatic carbocycles. The summed E-state index contributed by atoms with van der Waals surface area (Å²) in [7, 11) is 0. The summed E-state index contributed by atoms with van der Waals surface area (Å²) in [6.07, 6.45) is 4.13. The van der Waals surface area contributed by atoms with Gasteiger partial charge in [0.1, 0.15) is 0 Å². The molecule has 5 nitrogen and oxygen atoms in total. The zero-order valence-electron chi connectivity index (χ0n) is 9.19. The van der Waals surface area contributed by atoms with E-state index >= 15 is 0 Å². The molecule has 2 aromatic rings. The maximum atomic E-state index is 13.4. The third-order valence-electron chi connectivity index (χ3n) is 2.30. The molecule has 0 radical (unpaired) electrons. The molecule has 7 heteroatoms. The second-order valence-corrected chi connectivity index (χ2v) is 3.78. The molecule has 0 aliphatic heterocycles. The van der Waals surface area contributed by atoms with Crippen LogP contribution in [0.5, 0.6) is 0 Å². The Labute approximate surface area is 103 Å². The zero-order valence-corrected chi connectivity index (χ0v) is 9.95. The maximum Gasteiger partial charge on any atom is 0.166 e. The smallest absolute Gasteiger partial charge is 0.166 e. The molecule has 0 aliphatic carbocycles. The standard InChI is InChI=1S/C10H11ClFN5/c1-2-17-7(4-15-16-17)3-14-10-8(11)5-13-6-9(10)12/h4-6H,2-3H2,1H3,(H,13,14).